The van der Waals surface area contributed by atoms with Gasteiger partial charge in [0, 0.05) is 32.5 Å². The summed E-state index contributed by atoms with van der Waals surface area (Å²) in [6.45, 7) is 0. The fourth-order valence-electron chi connectivity index (χ4n) is 5.56. The van der Waals surface area contributed by atoms with Crippen molar-refractivity contribution >= 4 is 33.5 Å². The molecule has 5 heteroatoms. The highest BCUT2D eigenvalue weighted by Gasteiger charge is 2.15. The quantitative estimate of drug-likeness (QED) is 0.201. The van der Waals surface area contributed by atoms with Crippen molar-refractivity contribution in [1.29, 1.82) is 0 Å². The molecule has 0 spiro atoms. The summed E-state index contributed by atoms with van der Waals surface area (Å²) >= 11 is 6.20. The lowest BCUT2D eigenvalue weighted by atomic mass is 10.0. The Morgan fingerprint density at radius 2 is 0.886 bits per heavy atom. The van der Waals surface area contributed by atoms with E-state index < -0.39 is 0 Å². The third-order valence-electron chi connectivity index (χ3n) is 7.80. The third kappa shape index (κ3) is 4.91. The minimum atomic E-state index is 0.567. The van der Waals surface area contributed by atoms with Crippen LogP contribution in [0, 0.1) is 0 Å². The van der Waals surface area contributed by atoms with E-state index in [0.717, 1.165) is 55.3 Å². The van der Waals surface area contributed by atoms with Crippen LogP contribution >= 0.6 is 11.6 Å². The number of benzene rings is 6. The lowest BCUT2D eigenvalue weighted by Crippen LogP contribution is -2.00. The number of hydrogen-bond acceptors (Lipinski definition) is 4. The summed E-state index contributed by atoms with van der Waals surface area (Å²) in [6, 6.07) is 49.0. The molecule has 8 aromatic rings. The Bertz CT molecular complexity index is 2280. The van der Waals surface area contributed by atoms with Crippen LogP contribution in [0.25, 0.3) is 78.4 Å². The Hall–Kier alpha value is -5.58. The van der Waals surface area contributed by atoms with Crippen molar-refractivity contribution in [3.63, 3.8) is 0 Å². The summed E-state index contributed by atoms with van der Waals surface area (Å²) in [7, 11) is 0. The minimum absolute atomic E-state index is 0.567. The van der Waals surface area contributed by atoms with Gasteiger partial charge in [0.2, 0.25) is 0 Å². The summed E-state index contributed by atoms with van der Waals surface area (Å²) in [6.07, 6.45) is 0. The summed E-state index contributed by atoms with van der Waals surface area (Å²) in [4.78, 5) is 14.8. The van der Waals surface area contributed by atoms with Crippen molar-refractivity contribution in [2.45, 2.75) is 0 Å². The average Bonchev–Trinajstić information content (AvgIpc) is 3.46. The van der Waals surface area contributed by atoms with E-state index >= 15 is 0 Å². The predicted octanol–water partition coefficient (Wildman–Crippen LogP) is 10.8. The number of furan rings is 1. The normalized spacial score (nSPS) is 11.3. The smallest absolute Gasteiger partial charge is 0.164 e. The van der Waals surface area contributed by atoms with Crippen LogP contribution in [0.15, 0.2) is 150 Å². The highest BCUT2D eigenvalue weighted by molar-refractivity contribution is 6.30. The van der Waals surface area contributed by atoms with Gasteiger partial charge in [-0.1, -0.05) is 103 Å². The van der Waals surface area contributed by atoms with Crippen molar-refractivity contribution in [2.75, 3.05) is 0 Å². The summed E-state index contributed by atoms with van der Waals surface area (Å²) in [5.74, 6) is 1.73. The number of rotatable bonds is 5. The maximum atomic E-state index is 6.33. The molecule has 0 saturated heterocycles. The fourth-order valence-corrected chi connectivity index (χ4v) is 5.68. The molecule has 6 aromatic carbocycles. The number of halogens is 1. The SMILES string of the molecule is Clc1ccc(-c2nc(-c3cccc(-c4ccccc4)c3)nc(-c3ccc4c(c3)oc3ccc(-c5ccccc5)cc34)n2)cc1. The van der Waals surface area contributed by atoms with Crippen molar-refractivity contribution in [2.24, 2.45) is 0 Å². The first-order chi connectivity index (χ1) is 21.7. The van der Waals surface area contributed by atoms with E-state index in [9.17, 15) is 0 Å². The Labute approximate surface area is 259 Å². The first-order valence-corrected chi connectivity index (χ1v) is 14.8. The van der Waals surface area contributed by atoms with Crippen molar-refractivity contribution in [3.05, 3.63) is 151 Å². The van der Waals surface area contributed by atoms with Gasteiger partial charge >= 0.3 is 0 Å². The van der Waals surface area contributed by atoms with Gasteiger partial charge in [0.15, 0.2) is 17.5 Å². The van der Waals surface area contributed by atoms with E-state index in [-0.39, 0.29) is 0 Å². The van der Waals surface area contributed by atoms with E-state index in [1.165, 1.54) is 5.56 Å². The lowest BCUT2D eigenvalue weighted by molar-refractivity contribution is 0.669. The van der Waals surface area contributed by atoms with Crippen LogP contribution in [0.4, 0.5) is 0 Å². The lowest BCUT2D eigenvalue weighted by Gasteiger charge is -2.10. The second-order valence-corrected chi connectivity index (χ2v) is 11.1. The number of fused-ring (bicyclic) bond motifs is 3. The van der Waals surface area contributed by atoms with Gasteiger partial charge in [-0.05, 0) is 76.9 Å². The van der Waals surface area contributed by atoms with E-state index in [0.29, 0.717) is 22.5 Å². The average molecular weight is 586 g/mol. The van der Waals surface area contributed by atoms with Crippen molar-refractivity contribution in [1.82, 2.24) is 15.0 Å². The van der Waals surface area contributed by atoms with Crippen molar-refractivity contribution < 1.29 is 4.42 Å². The molecule has 0 aliphatic carbocycles. The van der Waals surface area contributed by atoms with Gasteiger partial charge in [0.05, 0.1) is 0 Å². The zero-order valence-corrected chi connectivity index (χ0v) is 24.2. The zero-order valence-electron chi connectivity index (χ0n) is 23.5. The Morgan fingerprint density at radius 3 is 1.57 bits per heavy atom. The molecular formula is C39H24ClN3O. The first-order valence-electron chi connectivity index (χ1n) is 14.4. The molecule has 44 heavy (non-hydrogen) atoms. The van der Waals surface area contributed by atoms with Crippen LogP contribution in [0.1, 0.15) is 0 Å². The number of aromatic nitrogens is 3. The standard InChI is InChI=1S/C39H24ClN3O/c40-32-18-14-27(15-19-32)37-41-38(30-13-7-12-28(22-30)25-8-3-1-4-9-25)43-39(42-37)31-16-20-33-34-23-29(26-10-5-2-6-11-26)17-21-35(34)44-36(33)24-31/h1-24H. The van der Waals surface area contributed by atoms with Crippen LogP contribution in [-0.4, -0.2) is 15.0 Å². The predicted molar refractivity (Wildman–Crippen MR) is 179 cm³/mol. The van der Waals surface area contributed by atoms with Crippen LogP contribution in [0.5, 0.6) is 0 Å². The molecular weight excluding hydrogens is 562 g/mol. The van der Waals surface area contributed by atoms with Gasteiger partial charge in [-0.2, -0.15) is 0 Å². The molecule has 0 bridgehead atoms. The van der Waals surface area contributed by atoms with Gasteiger partial charge in [0.25, 0.3) is 0 Å². The largest absolute Gasteiger partial charge is 0.456 e. The molecule has 208 valence electrons. The number of nitrogens with zero attached hydrogens (tertiary/aromatic N) is 3. The number of hydrogen-bond donors (Lipinski definition) is 0. The van der Waals surface area contributed by atoms with E-state index in [2.05, 4.69) is 72.8 Å². The molecule has 2 aromatic heterocycles. The van der Waals surface area contributed by atoms with Crippen LogP contribution in [-0.2, 0) is 0 Å². The molecule has 0 saturated carbocycles. The molecule has 0 aliphatic heterocycles. The molecule has 0 N–H and O–H groups in total. The van der Waals surface area contributed by atoms with Gasteiger partial charge in [-0.15, -0.1) is 0 Å². The van der Waals surface area contributed by atoms with Gasteiger partial charge in [-0.25, -0.2) is 15.0 Å². The second kappa shape index (κ2) is 10.9. The fraction of sp³-hybridized carbons (Fsp3) is 0. The highest BCUT2D eigenvalue weighted by Crippen LogP contribution is 2.35. The maximum Gasteiger partial charge on any atom is 0.164 e. The molecule has 8 rings (SSSR count). The van der Waals surface area contributed by atoms with Gasteiger partial charge in [0.1, 0.15) is 11.2 Å². The molecule has 0 unspecified atom stereocenters. The summed E-state index contributed by atoms with van der Waals surface area (Å²) in [5.41, 5.74) is 8.78. The van der Waals surface area contributed by atoms with Gasteiger partial charge in [-0.3, -0.25) is 0 Å². The molecule has 0 fully saturated rings. The molecule has 0 atom stereocenters. The van der Waals surface area contributed by atoms with Crippen molar-refractivity contribution in [3.8, 4) is 56.4 Å². The second-order valence-electron chi connectivity index (χ2n) is 10.6. The highest BCUT2D eigenvalue weighted by atomic mass is 35.5. The first kappa shape index (κ1) is 26.1. The molecule has 0 amide bonds. The van der Waals surface area contributed by atoms with E-state index in [4.69, 9.17) is 31.0 Å². The zero-order chi connectivity index (χ0) is 29.5. The monoisotopic (exact) mass is 585 g/mol. The summed E-state index contributed by atoms with van der Waals surface area (Å²) < 4.78 is 6.33. The molecule has 0 aliphatic rings. The molecule has 0 radical (unpaired) electrons. The van der Waals surface area contributed by atoms with E-state index in [1.54, 1.807) is 0 Å². The van der Waals surface area contributed by atoms with Crippen LogP contribution in [0.2, 0.25) is 5.02 Å². The third-order valence-corrected chi connectivity index (χ3v) is 8.05. The molecule has 4 nitrogen and oxygen atoms in total. The molecule has 2 heterocycles. The Balaban J connectivity index is 1.26. The maximum absolute atomic E-state index is 6.33. The minimum Gasteiger partial charge on any atom is -0.456 e. The summed E-state index contributed by atoms with van der Waals surface area (Å²) in [5, 5.41) is 2.78. The van der Waals surface area contributed by atoms with Gasteiger partial charge < -0.3 is 4.42 Å². The van der Waals surface area contributed by atoms with Crippen LogP contribution < -0.4 is 0 Å². The Morgan fingerprint density at radius 1 is 0.364 bits per heavy atom. The Kier molecular flexibility index (Phi) is 6.47. The topological polar surface area (TPSA) is 51.8 Å². The van der Waals surface area contributed by atoms with E-state index in [1.807, 2.05) is 72.8 Å². The van der Waals surface area contributed by atoms with Crippen LogP contribution in [0.3, 0.4) is 0 Å².